The van der Waals surface area contributed by atoms with Crippen molar-refractivity contribution in [2.75, 3.05) is 0 Å². The lowest BCUT2D eigenvalue weighted by Gasteiger charge is -2.13. The van der Waals surface area contributed by atoms with Gasteiger partial charge in [-0.15, -0.1) is 0 Å². The van der Waals surface area contributed by atoms with Crippen molar-refractivity contribution in [3.05, 3.63) is 53.9 Å². The fraction of sp³-hybridized carbons (Fsp3) is 0.200. The highest BCUT2D eigenvalue weighted by atomic mass is 28.3. The molecule has 4 heteroatoms. The average molecular weight is 270 g/mol. The molecule has 0 atom stereocenters. The van der Waals surface area contributed by atoms with Gasteiger partial charge in [0.25, 0.3) is 9.04 Å². The lowest BCUT2D eigenvalue weighted by atomic mass is 10.2. The van der Waals surface area contributed by atoms with Crippen LogP contribution in [0.3, 0.4) is 0 Å². The van der Waals surface area contributed by atoms with Crippen LogP contribution in [0.15, 0.2) is 47.6 Å². The van der Waals surface area contributed by atoms with E-state index >= 15 is 0 Å². The largest absolute Gasteiger partial charge is 1.00 e. The Hall–Kier alpha value is -1.94. The highest BCUT2D eigenvalue weighted by Gasteiger charge is 2.08. The monoisotopic (exact) mass is 270 g/mol. The number of nitrogens with zero attached hydrogens (tertiary/aromatic N) is 2. The van der Waals surface area contributed by atoms with Gasteiger partial charge in [-0.25, -0.2) is 0 Å². The van der Waals surface area contributed by atoms with Gasteiger partial charge in [0.2, 0.25) is 0 Å². The molecule has 0 aliphatic rings. The van der Waals surface area contributed by atoms with E-state index in [1.54, 1.807) is 12.4 Å². The van der Waals surface area contributed by atoms with Crippen molar-refractivity contribution in [3.63, 3.8) is 0 Å². The first-order valence-electron chi connectivity index (χ1n) is 6.19. The lowest BCUT2D eigenvalue weighted by molar-refractivity contribution is 0.577. The van der Waals surface area contributed by atoms with Gasteiger partial charge in [0.05, 0.1) is 11.9 Å². The summed E-state index contributed by atoms with van der Waals surface area (Å²) in [6, 6.07) is 11.8. The number of pyridine rings is 1. The van der Waals surface area contributed by atoms with Gasteiger partial charge in [-0.1, -0.05) is 18.2 Å². The van der Waals surface area contributed by atoms with Crippen molar-refractivity contribution in [1.82, 2.24) is 4.98 Å². The van der Waals surface area contributed by atoms with Crippen molar-refractivity contribution in [1.29, 1.82) is 0 Å². The van der Waals surface area contributed by atoms with Crippen molar-refractivity contribution in [2.45, 2.75) is 20.0 Å². The number of para-hydroxylation sites is 1. The molecule has 1 aromatic carbocycles. The van der Waals surface area contributed by atoms with Gasteiger partial charge < -0.3 is 4.43 Å². The zero-order valence-corrected chi connectivity index (χ0v) is 12.4. The topological polar surface area (TPSA) is 34.5 Å². The second-order valence-corrected chi connectivity index (χ2v) is 6.47. The summed E-state index contributed by atoms with van der Waals surface area (Å²) in [6.45, 7) is 6.27. The van der Waals surface area contributed by atoms with Crippen LogP contribution in [0, 0.1) is 6.92 Å². The molecule has 2 rings (SSSR count). The Bertz CT molecular complexity index is 573. The molecule has 0 N–H and O–H groups in total. The molecule has 0 aliphatic carbocycles. The van der Waals surface area contributed by atoms with Gasteiger partial charge >= 0.3 is 1.43 Å². The molecule has 0 aliphatic heterocycles. The van der Waals surface area contributed by atoms with E-state index < -0.39 is 9.04 Å². The van der Waals surface area contributed by atoms with Crippen LogP contribution in [-0.4, -0.2) is 20.2 Å². The minimum atomic E-state index is -0.803. The summed E-state index contributed by atoms with van der Waals surface area (Å²) in [5.74, 6) is 0.883. The van der Waals surface area contributed by atoms with Gasteiger partial charge in [-0.2, -0.15) is 0 Å². The maximum absolute atomic E-state index is 5.93. The molecule has 97 valence electrons. The number of hydrogen-bond donors (Lipinski definition) is 0. The zero-order valence-electron chi connectivity index (χ0n) is 12.4. The molecule has 2 aromatic rings. The van der Waals surface area contributed by atoms with Crippen molar-refractivity contribution >= 4 is 20.9 Å². The number of aliphatic imine (C=N–C) groups is 1. The quantitative estimate of drug-likeness (QED) is 0.624. The van der Waals surface area contributed by atoms with Crippen molar-refractivity contribution < 1.29 is 5.85 Å². The Morgan fingerprint density at radius 1 is 1.21 bits per heavy atom. The average Bonchev–Trinajstić information content (AvgIpc) is 2.40. The summed E-state index contributed by atoms with van der Waals surface area (Å²) < 4.78 is 5.93. The minimum absolute atomic E-state index is 0. The van der Waals surface area contributed by atoms with Gasteiger partial charge in [0.15, 0.2) is 0 Å². The molecule has 1 aromatic heterocycles. The van der Waals surface area contributed by atoms with E-state index in [-0.39, 0.29) is 1.43 Å². The summed E-state index contributed by atoms with van der Waals surface area (Å²) in [6.07, 6.45) is 3.52. The highest BCUT2D eigenvalue weighted by Crippen LogP contribution is 2.31. The Morgan fingerprint density at radius 3 is 2.74 bits per heavy atom. The number of aryl methyl sites for hydroxylation is 1. The molecule has 3 nitrogen and oxygen atoms in total. The number of aromatic nitrogens is 1. The van der Waals surface area contributed by atoms with E-state index in [9.17, 15) is 0 Å². The maximum atomic E-state index is 5.93. The lowest BCUT2D eigenvalue weighted by Crippen LogP contribution is -2.12. The first-order chi connectivity index (χ1) is 9.16. The second kappa shape index (κ2) is 6.29. The molecule has 0 bridgehead atoms. The van der Waals surface area contributed by atoms with Crippen LogP contribution in [0.4, 0.5) is 5.69 Å². The van der Waals surface area contributed by atoms with Crippen LogP contribution in [0.1, 0.15) is 12.7 Å². The number of benzene rings is 1. The standard InChI is InChI=1S/C15H17N2OSi/c1-12-7-6-9-14(15(12)18-19(2)3)17-11-13-8-4-5-10-16-13/h4-11H,1-3H3/p+1. The van der Waals surface area contributed by atoms with Gasteiger partial charge in [0, 0.05) is 6.20 Å². The predicted octanol–water partition coefficient (Wildman–Crippen LogP) is 3.88. The summed E-state index contributed by atoms with van der Waals surface area (Å²) in [5, 5.41) is 0. The third-order valence-corrected chi connectivity index (χ3v) is 3.13. The van der Waals surface area contributed by atoms with E-state index in [2.05, 4.69) is 23.1 Å². The Morgan fingerprint density at radius 2 is 2.05 bits per heavy atom. The molecule has 0 fully saturated rings. The molecule has 0 spiro atoms. The summed E-state index contributed by atoms with van der Waals surface area (Å²) in [7, 11) is -0.803. The van der Waals surface area contributed by atoms with Crippen LogP contribution >= 0.6 is 0 Å². The maximum Gasteiger partial charge on any atom is 1.00 e. The summed E-state index contributed by atoms with van der Waals surface area (Å²) in [4.78, 5) is 8.72. The predicted molar refractivity (Wildman–Crippen MR) is 81.9 cm³/mol. The normalized spacial score (nSPS) is 11.2. The van der Waals surface area contributed by atoms with Crippen molar-refractivity contribution in [2.24, 2.45) is 4.99 Å². The van der Waals surface area contributed by atoms with Crippen LogP contribution < -0.4 is 4.43 Å². The molecular formula is C15H18N2OSi+. The Balaban J connectivity index is 0.00000200. The van der Waals surface area contributed by atoms with Crippen LogP contribution in [0.25, 0.3) is 0 Å². The fourth-order valence-electron chi connectivity index (χ4n) is 1.66. The fourth-order valence-corrected chi connectivity index (χ4v) is 2.34. The first-order valence-corrected chi connectivity index (χ1v) is 8.60. The zero-order chi connectivity index (χ0) is 13.7. The molecule has 1 radical (unpaired) electrons. The summed E-state index contributed by atoms with van der Waals surface area (Å²) >= 11 is 0. The van der Waals surface area contributed by atoms with Gasteiger partial charge in [-0.3, -0.25) is 9.98 Å². The Kier molecular flexibility index (Phi) is 4.47. The second-order valence-electron chi connectivity index (χ2n) is 4.45. The van der Waals surface area contributed by atoms with Crippen LogP contribution in [0.2, 0.25) is 13.1 Å². The molecule has 0 saturated heterocycles. The smallest absolute Gasteiger partial charge is 0.541 e. The van der Waals surface area contributed by atoms with Gasteiger partial charge in [0.1, 0.15) is 11.4 Å². The van der Waals surface area contributed by atoms with Gasteiger partial charge in [-0.05, 0) is 43.8 Å². The summed E-state index contributed by atoms with van der Waals surface area (Å²) in [5.41, 5.74) is 2.81. The van der Waals surface area contributed by atoms with E-state index in [0.29, 0.717) is 0 Å². The third kappa shape index (κ3) is 3.76. The van der Waals surface area contributed by atoms with E-state index in [4.69, 9.17) is 4.43 Å². The van der Waals surface area contributed by atoms with Crippen LogP contribution in [-0.2, 0) is 0 Å². The molecule has 0 unspecified atom stereocenters. The number of hydrogen-bond acceptors (Lipinski definition) is 3. The number of rotatable bonds is 4. The minimum Gasteiger partial charge on any atom is -0.541 e. The van der Waals surface area contributed by atoms with E-state index in [1.165, 1.54) is 0 Å². The molecule has 0 amide bonds. The highest BCUT2D eigenvalue weighted by molar-refractivity contribution is 6.49. The third-order valence-electron chi connectivity index (χ3n) is 2.52. The SMILES string of the molecule is Cc1cccc(N=Cc2ccccn2)c1O[Si](C)C.[H+]. The first kappa shape index (κ1) is 13.5. The molecule has 1 heterocycles. The molecule has 0 saturated carbocycles. The Labute approximate surface area is 117 Å². The molecule has 19 heavy (non-hydrogen) atoms. The van der Waals surface area contributed by atoms with Crippen LogP contribution in [0.5, 0.6) is 5.75 Å². The van der Waals surface area contributed by atoms with E-state index in [0.717, 1.165) is 22.7 Å². The van der Waals surface area contributed by atoms with E-state index in [1.807, 2.05) is 43.3 Å². The molecular weight excluding hydrogens is 252 g/mol. The van der Waals surface area contributed by atoms with Crippen molar-refractivity contribution in [3.8, 4) is 5.75 Å².